The summed E-state index contributed by atoms with van der Waals surface area (Å²) in [6.45, 7) is 4.04. The first-order chi connectivity index (χ1) is 16.0. The van der Waals surface area contributed by atoms with Crippen LogP contribution in [0.3, 0.4) is 0 Å². The van der Waals surface area contributed by atoms with E-state index in [-0.39, 0.29) is 17.9 Å². The molecule has 5 nitrogen and oxygen atoms in total. The maximum Gasteiger partial charge on any atom is 0.254 e. The average molecular weight is 441 g/mol. The molecule has 3 aromatic carbocycles. The lowest BCUT2D eigenvalue weighted by atomic mass is 9.79. The van der Waals surface area contributed by atoms with Gasteiger partial charge in [-0.05, 0) is 79.3 Å². The summed E-state index contributed by atoms with van der Waals surface area (Å²) in [4.78, 5) is 29.5. The van der Waals surface area contributed by atoms with Gasteiger partial charge < -0.3 is 15.0 Å². The summed E-state index contributed by atoms with van der Waals surface area (Å²) in [7, 11) is 1.63. The summed E-state index contributed by atoms with van der Waals surface area (Å²) in [5, 5.41) is 3.15. The standard InChI is InChI=1S/C28H28N2O3/c1-17-13-18(2)15-20(14-17)29-27(31)25-23-9-4-5-10-24(23)28(32)30(21-11-12-21)26(25)19-7-6-8-22(16-19)33-3/h4-10,13-16,21,25-26H,11-12H2,1-3H3,(H,29,31). The number of amides is 2. The highest BCUT2D eigenvalue weighted by atomic mass is 16.5. The lowest BCUT2D eigenvalue weighted by Crippen LogP contribution is -2.47. The Morgan fingerprint density at radius 3 is 2.39 bits per heavy atom. The number of nitrogens with zero attached hydrogens (tertiary/aromatic N) is 1. The molecule has 0 spiro atoms. The molecule has 5 heteroatoms. The van der Waals surface area contributed by atoms with Crippen molar-refractivity contribution in [3.8, 4) is 5.75 Å². The van der Waals surface area contributed by atoms with Crippen LogP contribution >= 0.6 is 0 Å². The fraction of sp³-hybridized carbons (Fsp3) is 0.286. The molecule has 2 atom stereocenters. The Kier molecular flexibility index (Phi) is 5.41. The van der Waals surface area contributed by atoms with Crippen LogP contribution in [0.2, 0.25) is 0 Å². The van der Waals surface area contributed by atoms with Crippen LogP contribution in [0.4, 0.5) is 5.69 Å². The number of ether oxygens (including phenoxy) is 1. The second-order valence-electron chi connectivity index (χ2n) is 9.10. The molecule has 0 aromatic heterocycles. The van der Waals surface area contributed by atoms with Gasteiger partial charge in [-0.1, -0.05) is 36.4 Å². The van der Waals surface area contributed by atoms with E-state index in [9.17, 15) is 9.59 Å². The van der Waals surface area contributed by atoms with E-state index in [0.717, 1.165) is 40.8 Å². The zero-order valence-corrected chi connectivity index (χ0v) is 19.2. The van der Waals surface area contributed by atoms with Crippen molar-refractivity contribution in [3.63, 3.8) is 0 Å². The molecular formula is C28H28N2O3. The summed E-state index contributed by atoms with van der Waals surface area (Å²) >= 11 is 0. The smallest absolute Gasteiger partial charge is 0.254 e. The molecule has 5 rings (SSSR count). The number of rotatable bonds is 5. The summed E-state index contributed by atoms with van der Waals surface area (Å²) < 4.78 is 5.47. The number of hydrogen-bond acceptors (Lipinski definition) is 3. The van der Waals surface area contributed by atoms with Gasteiger partial charge in [-0.25, -0.2) is 0 Å². The summed E-state index contributed by atoms with van der Waals surface area (Å²) in [6.07, 6.45) is 1.92. The van der Waals surface area contributed by atoms with E-state index in [1.165, 1.54) is 0 Å². The molecule has 168 valence electrons. The van der Waals surface area contributed by atoms with Crippen molar-refractivity contribution in [2.45, 2.75) is 44.7 Å². The van der Waals surface area contributed by atoms with Gasteiger partial charge in [0, 0.05) is 17.3 Å². The number of hydrogen-bond donors (Lipinski definition) is 1. The number of nitrogens with one attached hydrogen (secondary N) is 1. The van der Waals surface area contributed by atoms with Gasteiger partial charge in [0.15, 0.2) is 0 Å². The Balaban J connectivity index is 1.64. The molecule has 33 heavy (non-hydrogen) atoms. The van der Waals surface area contributed by atoms with Crippen LogP contribution in [0.25, 0.3) is 0 Å². The molecule has 2 amide bonds. The maximum absolute atomic E-state index is 13.9. The highest BCUT2D eigenvalue weighted by Crippen LogP contribution is 2.48. The third kappa shape index (κ3) is 3.99. The van der Waals surface area contributed by atoms with Crippen LogP contribution in [0.5, 0.6) is 5.75 Å². The van der Waals surface area contributed by atoms with Crippen LogP contribution < -0.4 is 10.1 Å². The zero-order chi connectivity index (χ0) is 23.1. The monoisotopic (exact) mass is 440 g/mol. The SMILES string of the molecule is COc1cccc(C2C(C(=O)Nc3cc(C)cc(C)c3)c3ccccc3C(=O)N2C2CC2)c1. The number of carbonyl (C=O) groups excluding carboxylic acids is 2. The number of anilines is 1. The van der Waals surface area contributed by atoms with Crippen LogP contribution in [-0.4, -0.2) is 29.9 Å². The van der Waals surface area contributed by atoms with Gasteiger partial charge >= 0.3 is 0 Å². The molecule has 1 fully saturated rings. The quantitative estimate of drug-likeness (QED) is 0.578. The number of aryl methyl sites for hydroxylation is 2. The topological polar surface area (TPSA) is 58.6 Å². The summed E-state index contributed by atoms with van der Waals surface area (Å²) in [6, 6.07) is 21.0. The molecule has 0 saturated heterocycles. The van der Waals surface area contributed by atoms with Gasteiger partial charge in [0.05, 0.1) is 19.1 Å². The minimum absolute atomic E-state index is 0.00336. The molecule has 0 radical (unpaired) electrons. The Morgan fingerprint density at radius 2 is 1.70 bits per heavy atom. The maximum atomic E-state index is 13.9. The van der Waals surface area contributed by atoms with Crippen molar-refractivity contribution in [2.24, 2.45) is 0 Å². The summed E-state index contributed by atoms with van der Waals surface area (Å²) in [5.41, 5.74) is 5.25. The third-order valence-corrected chi connectivity index (χ3v) is 6.52. The minimum Gasteiger partial charge on any atom is -0.497 e. The lowest BCUT2D eigenvalue weighted by Gasteiger charge is -2.42. The van der Waals surface area contributed by atoms with Crippen molar-refractivity contribution in [3.05, 3.63) is 94.5 Å². The molecule has 1 aliphatic heterocycles. The highest BCUT2D eigenvalue weighted by Gasteiger charge is 2.49. The van der Waals surface area contributed by atoms with Gasteiger partial charge in [-0.3, -0.25) is 9.59 Å². The van der Waals surface area contributed by atoms with Gasteiger partial charge in [0.2, 0.25) is 5.91 Å². The first-order valence-corrected chi connectivity index (χ1v) is 11.4. The van der Waals surface area contributed by atoms with Gasteiger partial charge in [-0.2, -0.15) is 0 Å². The van der Waals surface area contributed by atoms with Gasteiger partial charge in [-0.15, -0.1) is 0 Å². The van der Waals surface area contributed by atoms with Crippen LogP contribution in [0, 0.1) is 13.8 Å². The van der Waals surface area contributed by atoms with Gasteiger partial charge in [0.1, 0.15) is 5.75 Å². The van der Waals surface area contributed by atoms with Gasteiger partial charge in [0.25, 0.3) is 5.91 Å². The van der Waals surface area contributed by atoms with Crippen molar-refractivity contribution >= 4 is 17.5 Å². The number of benzene rings is 3. The largest absolute Gasteiger partial charge is 0.497 e. The Hall–Kier alpha value is -3.60. The molecule has 2 unspecified atom stereocenters. The molecule has 1 saturated carbocycles. The Morgan fingerprint density at radius 1 is 0.970 bits per heavy atom. The van der Waals surface area contributed by atoms with Crippen molar-refractivity contribution in [2.75, 3.05) is 12.4 Å². The lowest BCUT2D eigenvalue weighted by molar-refractivity contribution is -0.119. The molecule has 1 aliphatic carbocycles. The van der Waals surface area contributed by atoms with Crippen LogP contribution in [-0.2, 0) is 4.79 Å². The van der Waals surface area contributed by atoms with E-state index < -0.39 is 12.0 Å². The fourth-order valence-electron chi connectivity index (χ4n) is 5.03. The molecule has 1 heterocycles. The number of carbonyl (C=O) groups is 2. The van der Waals surface area contributed by atoms with E-state index in [1.807, 2.05) is 79.4 Å². The van der Waals surface area contributed by atoms with Crippen molar-refractivity contribution in [1.82, 2.24) is 4.90 Å². The van der Waals surface area contributed by atoms with E-state index in [0.29, 0.717) is 11.3 Å². The Bertz CT molecular complexity index is 1210. The number of fused-ring (bicyclic) bond motifs is 1. The van der Waals surface area contributed by atoms with E-state index in [2.05, 4.69) is 11.4 Å². The van der Waals surface area contributed by atoms with Crippen LogP contribution in [0.15, 0.2) is 66.7 Å². The predicted molar refractivity (Wildman–Crippen MR) is 129 cm³/mol. The second-order valence-corrected chi connectivity index (χ2v) is 9.10. The average Bonchev–Trinajstić information content (AvgIpc) is 3.63. The third-order valence-electron chi connectivity index (χ3n) is 6.52. The molecule has 1 N–H and O–H groups in total. The Labute approximate surface area is 194 Å². The molecule has 3 aromatic rings. The van der Waals surface area contributed by atoms with Crippen molar-refractivity contribution in [1.29, 1.82) is 0 Å². The van der Waals surface area contributed by atoms with Crippen LogP contribution in [0.1, 0.15) is 57.4 Å². The molecule has 0 bridgehead atoms. The minimum atomic E-state index is -0.535. The fourth-order valence-corrected chi connectivity index (χ4v) is 5.03. The predicted octanol–water partition coefficient (Wildman–Crippen LogP) is 5.39. The molecular weight excluding hydrogens is 412 g/mol. The number of methoxy groups -OCH3 is 1. The van der Waals surface area contributed by atoms with E-state index >= 15 is 0 Å². The first-order valence-electron chi connectivity index (χ1n) is 11.4. The highest BCUT2D eigenvalue weighted by molar-refractivity contribution is 6.04. The van der Waals surface area contributed by atoms with Crippen molar-refractivity contribution < 1.29 is 14.3 Å². The normalized spacial score (nSPS) is 19.7. The van der Waals surface area contributed by atoms with E-state index in [4.69, 9.17) is 4.74 Å². The first kappa shape index (κ1) is 21.3. The second kappa shape index (κ2) is 8.39. The zero-order valence-electron chi connectivity index (χ0n) is 19.2. The molecule has 2 aliphatic rings. The summed E-state index contributed by atoms with van der Waals surface area (Å²) in [5.74, 6) is 0.0604. The van der Waals surface area contributed by atoms with E-state index in [1.54, 1.807) is 7.11 Å².